The van der Waals surface area contributed by atoms with Crippen molar-refractivity contribution in [2.75, 3.05) is 52.0 Å². The fourth-order valence-corrected chi connectivity index (χ4v) is 14.3. The highest BCUT2D eigenvalue weighted by atomic mass is 16.7. The van der Waals surface area contributed by atoms with Gasteiger partial charge < -0.3 is 99.8 Å². The second-order valence-corrected chi connectivity index (χ2v) is 26.0. The molecule has 12 N–H and O–H groups in total. The van der Waals surface area contributed by atoms with E-state index in [0.29, 0.717) is 41.4 Å². The fraction of sp³-hybridized carbons (Fsp3) is 0.500. The number of benzene rings is 4. The van der Waals surface area contributed by atoms with E-state index in [1.54, 1.807) is 49.9 Å². The number of unbranched alkanes of at least 4 members (excludes halogenated alkanes) is 1. The van der Waals surface area contributed by atoms with Crippen molar-refractivity contribution in [1.82, 2.24) is 41.6 Å². The van der Waals surface area contributed by atoms with Crippen LogP contribution >= 0.6 is 0 Å². The number of rotatable bonds is 22. The Bertz CT molecular complexity index is 4060. The van der Waals surface area contributed by atoms with Crippen LogP contribution in [0.15, 0.2) is 66.7 Å². The van der Waals surface area contributed by atoms with Gasteiger partial charge in [0.15, 0.2) is 38.4 Å². The second-order valence-electron chi connectivity index (χ2n) is 26.0. The number of nitrogens with one attached hydrogen (secondary N) is 5. The number of carbonyl (C=O) groups is 8. The number of morpholine rings is 1. The molecule has 7 unspecified atom stereocenters. The lowest BCUT2D eigenvalue weighted by atomic mass is 9.72. The zero-order chi connectivity index (χ0) is 72.0. The van der Waals surface area contributed by atoms with Crippen molar-refractivity contribution in [2.45, 2.75) is 164 Å². The summed E-state index contributed by atoms with van der Waals surface area (Å²) in [5, 5.41) is 98.0. The van der Waals surface area contributed by atoms with Gasteiger partial charge in [0.1, 0.15) is 65.0 Å². The summed E-state index contributed by atoms with van der Waals surface area (Å²) in [6.45, 7) is 4.10. The Morgan fingerprint density at radius 1 is 0.820 bits per heavy atom. The third kappa shape index (κ3) is 13.5. The molecule has 5 aromatic rings. The molecule has 0 bridgehead atoms. The van der Waals surface area contributed by atoms with Gasteiger partial charge in [0.25, 0.3) is 5.91 Å². The first-order valence-corrected chi connectivity index (χ1v) is 32.9. The van der Waals surface area contributed by atoms with E-state index in [-0.39, 0.29) is 78.6 Å². The summed E-state index contributed by atoms with van der Waals surface area (Å²) >= 11 is 0. The number of amides is 5. The molecule has 5 aliphatic heterocycles. The summed E-state index contributed by atoms with van der Waals surface area (Å²) in [6, 6.07) is 15.3. The van der Waals surface area contributed by atoms with Gasteiger partial charge in [-0.25, -0.2) is 4.79 Å². The number of methoxy groups -OCH3 is 2. The van der Waals surface area contributed by atoms with E-state index in [9.17, 15) is 74.1 Å². The summed E-state index contributed by atoms with van der Waals surface area (Å²) in [7, 11) is 2.78. The minimum Gasteiger partial charge on any atom is -0.507 e. The minimum absolute atomic E-state index is 0.0158. The number of aromatic hydroxyl groups is 2. The highest BCUT2D eigenvalue weighted by Gasteiger charge is 2.56. The van der Waals surface area contributed by atoms with Crippen LogP contribution in [0.1, 0.15) is 114 Å². The first-order chi connectivity index (χ1) is 48.3. The molecule has 1 aromatic heterocycles. The van der Waals surface area contributed by atoms with E-state index in [4.69, 9.17) is 39.3 Å². The van der Waals surface area contributed by atoms with Crippen LogP contribution in [-0.4, -0.2) is 236 Å². The molecule has 4 fully saturated rings. The molecule has 100 heavy (non-hydrogen) atoms. The van der Waals surface area contributed by atoms with Gasteiger partial charge in [-0.1, -0.05) is 73.7 Å². The zero-order valence-corrected chi connectivity index (χ0v) is 55.1. The molecule has 2 aliphatic carbocycles. The maximum atomic E-state index is 14.6. The fourth-order valence-electron chi connectivity index (χ4n) is 14.3. The summed E-state index contributed by atoms with van der Waals surface area (Å²) in [5.41, 5.74) is -1.03. The number of fused-ring (bicyclic) bond motifs is 11. The highest BCUT2D eigenvalue weighted by Crippen LogP contribution is 2.53. The first kappa shape index (κ1) is 69.6. The SMILES string of the molecule is [3H]n1nnc2c1-c1ccccc1CN(C(=O)CCCCC(=O)NC(C(=O)NC(COC1OC(C(=O)O)C(O)C(O)C1O)C(=O)NCCNC(=O)[C@]1(O)Cc3c(O)c4c(c(O)c3[C@@H](O[C@@H]3C[C@H]5[C@H](O[C@@H]6[C@@H](OC)OCCN65)[C@H](C)O3)C1)C(=O)c1c(OC)cccc1C4=O)C(C)C)c1ccccc1-2. The number of H-pyrrole nitrogens is 1. The maximum absolute atomic E-state index is 14.6. The van der Waals surface area contributed by atoms with Gasteiger partial charge in [0.05, 0.1) is 67.1 Å². The van der Waals surface area contributed by atoms with Crippen molar-refractivity contribution >= 4 is 52.8 Å². The molecule has 15 atom stereocenters. The molecule has 4 saturated heterocycles. The molecule has 534 valence electrons. The van der Waals surface area contributed by atoms with Crippen molar-refractivity contribution in [3.8, 4) is 39.8 Å². The van der Waals surface area contributed by atoms with Crippen LogP contribution in [0.4, 0.5) is 5.69 Å². The predicted molar refractivity (Wildman–Crippen MR) is 343 cm³/mol. The lowest BCUT2D eigenvalue weighted by Crippen LogP contribution is -2.61. The Morgan fingerprint density at radius 2 is 1.54 bits per heavy atom. The standard InChI is InChI=1S/C68H79N9O23/c1-30(2)49(72-42(78)19-10-11-20-43(79)77-28-32-13-6-7-14-33(32)50-51(74-75-73-50)34-15-8-9-17-38(34)77)62(88)71-37(29-96-65-58(86)56(84)57(85)60(100-65)64(89)90)61(87)69-21-22-70-67(91)68(92)26-36-46(55(83)48-47(53(36)81)52(80)35-16-12-18-40(93-4)45(35)54(48)82)41(27-68)98-44-25-39-59(31(3)97-44)99-63-66(94-5)95-24-23-76(39)63/h6-9,12-18,30-31,37,39,41,44,49,56-60,63,65-66,81,83-86,92H,10-11,19-29H2,1-5H3,(H,69,87)(H,70,91)(H,71,88)(H,72,78)(H,89,90)(H,73,74,75)/t31-,37?,39-,41-,44+,49?,56?,57?,58?,59+,60?,63+,65?,66-,68-/m0/s1/i/hT. The second kappa shape index (κ2) is 29.4. The van der Waals surface area contributed by atoms with E-state index in [0.717, 1.165) is 10.7 Å². The van der Waals surface area contributed by atoms with Crippen molar-refractivity contribution in [2.24, 2.45) is 5.92 Å². The normalized spacial score (nSPS) is 27.4. The number of anilines is 1. The molecule has 6 heterocycles. The summed E-state index contributed by atoms with van der Waals surface area (Å²) < 4.78 is 55.5. The molecular weight excluding hydrogens is 1310 g/mol. The van der Waals surface area contributed by atoms with Crippen LogP contribution in [0.3, 0.4) is 0 Å². The van der Waals surface area contributed by atoms with E-state index < -0.39 is 188 Å². The van der Waals surface area contributed by atoms with E-state index in [1.807, 2.05) is 24.3 Å². The number of hydrogen-bond donors (Lipinski definition) is 12. The van der Waals surface area contributed by atoms with Gasteiger partial charge in [0, 0.05) is 92.7 Å². The van der Waals surface area contributed by atoms with Crippen LogP contribution in [0.2, 0.25) is 1.41 Å². The Morgan fingerprint density at radius 3 is 2.29 bits per heavy atom. The molecule has 12 rings (SSSR count). The average Bonchev–Trinajstić information content (AvgIpc) is 1.02. The maximum Gasteiger partial charge on any atom is 0.335 e. The lowest BCUT2D eigenvalue weighted by Gasteiger charge is -2.43. The van der Waals surface area contributed by atoms with E-state index in [2.05, 4.69) is 36.5 Å². The number of aliphatic carboxylic acids is 1. The number of hydrogen-bond acceptors (Lipinski definition) is 25. The number of aromatic nitrogens is 3. The quantitative estimate of drug-likeness (QED) is 0.0325. The van der Waals surface area contributed by atoms with Gasteiger partial charge in [-0.3, -0.25) is 43.6 Å². The van der Waals surface area contributed by atoms with Crippen LogP contribution in [-0.2, 0) is 74.9 Å². The monoisotopic (exact) mass is 1390 g/mol. The van der Waals surface area contributed by atoms with Crippen LogP contribution in [0.25, 0.3) is 22.5 Å². The molecule has 7 aliphatic rings. The first-order valence-electron chi connectivity index (χ1n) is 33.4. The molecule has 0 radical (unpaired) electrons. The number of carboxylic acid groups (broad SMARTS) is 1. The smallest absolute Gasteiger partial charge is 0.335 e. The number of nitrogens with zero attached hydrogens (tertiary/aromatic N) is 4. The minimum atomic E-state index is -2.54. The van der Waals surface area contributed by atoms with Gasteiger partial charge in [0.2, 0.25) is 29.4 Å². The molecule has 4 aromatic carbocycles. The van der Waals surface area contributed by atoms with E-state index >= 15 is 0 Å². The average molecular weight is 1390 g/mol. The van der Waals surface area contributed by atoms with Crippen molar-refractivity contribution in [3.63, 3.8) is 0 Å². The summed E-state index contributed by atoms with van der Waals surface area (Å²) in [5.74, 6) is -9.56. The number of carbonyl (C=O) groups excluding carboxylic acids is 7. The topological polar surface area (TPSA) is 448 Å². The number of aromatic amines is 1. The molecule has 5 amide bonds. The van der Waals surface area contributed by atoms with Gasteiger partial charge in [-0.05, 0) is 43.4 Å². The number of ketones is 2. The van der Waals surface area contributed by atoms with Gasteiger partial charge in [-0.2, -0.15) is 0 Å². The molecule has 0 saturated carbocycles. The van der Waals surface area contributed by atoms with E-state index in [1.165, 1.54) is 32.4 Å². The number of aliphatic hydroxyl groups excluding tert-OH is 3. The van der Waals surface area contributed by atoms with Crippen LogP contribution < -0.4 is 30.9 Å². The molecule has 32 nitrogen and oxygen atoms in total. The number of ether oxygens (including phenoxy) is 8. The molecule has 32 heteroatoms. The Balaban J connectivity index is 0.725. The van der Waals surface area contributed by atoms with Crippen LogP contribution in [0.5, 0.6) is 17.2 Å². The zero-order valence-electron chi connectivity index (χ0n) is 56.1. The van der Waals surface area contributed by atoms with Crippen molar-refractivity contribution < 1.29 is 113 Å². The lowest BCUT2D eigenvalue weighted by molar-refractivity contribution is -0.294. The Hall–Kier alpha value is -8.90. The number of aliphatic hydroxyl groups is 4. The third-order valence-corrected chi connectivity index (χ3v) is 19.4. The van der Waals surface area contributed by atoms with Gasteiger partial charge in [-0.15, -0.1) is 5.10 Å². The predicted octanol–water partition coefficient (Wildman–Crippen LogP) is 0.476. The molecule has 0 spiro atoms. The highest BCUT2D eigenvalue weighted by molar-refractivity contribution is 6.31. The molecular formula is C68H79N9O23. The number of para-hydroxylation sites is 1. The summed E-state index contributed by atoms with van der Waals surface area (Å²) in [4.78, 5) is 115. The summed E-state index contributed by atoms with van der Waals surface area (Å²) in [6.07, 6.45) is -16.4. The largest absolute Gasteiger partial charge is 0.507 e. The number of carboxylic acids is 1. The Labute approximate surface area is 572 Å². The third-order valence-electron chi connectivity index (χ3n) is 19.4. The van der Waals surface area contributed by atoms with Gasteiger partial charge >= 0.3 is 5.97 Å². The number of phenols is 2. The Kier molecular flexibility index (Phi) is 20.4. The van der Waals surface area contributed by atoms with Crippen molar-refractivity contribution in [3.05, 3.63) is 106 Å². The number of phenolic OH excluding ortho intramolecular Hbond substituents is 2. The van der Waals surface area contributed by atoms with Crippen LogP contribution in [0, 0.1) is 5.92 Å². The van der Waals surface area contributed by atoms with Crippen molar-refractivity contribution in [1.29, 1.82) is 0 Å².